The van der Waals surface area contributed by atoms with Crippen LogP contribution in [0.25, 0.3) is 0 Å². The highest BCUT2D eigenvalue weighted by Crippen LogP contribution is 2.56. The zero-order chi connectivity index (χ0) is 14.4. The Kier molecular flexibility index (Phi) is 6.04. The maximum Gasteiger partial charge on any atom is 0.181 e. The summed E-state index contributed by atoms with van der Waals surface area (Å²) >= 11 is 1.85. The lowest BCUT2D eigenvalue weighted by Crippen LogP contribution is -2.20. The van der Waals surface area contributed by atoms with Gasteiger partial charge in [-0.2, -0.15) is 0 Å². The third-order valence-electron chi connectivity index (χ3n) is 4.10. The predicted octanol–water partition coefficient (Wildman–Crippen LogP) is 5.79. The molecule has 112 valence electrons. The second-order valence-corrected chi connectivity index (χ2v) is 10.3. The van der Waals surface area contributed by atoms with Gasteiger partial charge in [0.15, 0.2) is 7.29 Å². The number of benzene rings is 1. The van der Waals surface area contributed by atoms with Gasteiger partial charge < -0.3 is 0 Å². The predicted molar refractivity (Wildman–Crippen MR) is 92.1 cm³/mol. The van der Waals surface area contributed by atoms with Crippen molar-refractivity contribution in [3.63, 3.8) is 0 Å². The highest BCUT2D eigenvalue weighted by molar-refractivity contribution is 8.08. The van der Waals surface area contributed by atoms with Crippen molar-refractivity contribution in [1.82, 2.24) is 0 Å². The van der Waals surface area contributed by atoms with E-state index in [-0.39, 0.29) is 0 Å². The van der Waals surface area contributed by atoms with Crippen molar-refractivity contribution in [2.45, 2.75) is 51.2 Å². The number of rotatable bonds is 6. The smallest absolute Gasteiger partial charge is 0.181 e. The van der Waals surface area contributed by atoms with E-state index in [2.05, 4.69) is 30.1 Å². The van der Waals surface area contributed by atoms with Crippen LogP contribution in [0.5, 0.6) is 0 Å². The van der Waals surface area contributed by atoms with Gasteiger partial charge in [-0.3, -0.25) is 8.64 Å². The van der Waals surface area contributed by atoms with Gasteiger partial charge in [-0.25, -0.2) is 0 Å². The molecule has 1 aliphatic carbocycles. The van der Waals surface area contributed by atoms with Crippen molar-refractivity contribution >= 4 is 24.9 Å². The first kappa shape index (κ1) is 16.0. The molecule has 0 unspecified atom stereocenters. The van der Waals surface area contributed by atoms with Crippen molar-refractivity contribution in [3.8, 4) is 0 Å². The Hall–Kier alpha value is -0.400. The minimum absolute atomic E-state index is 0.635. The standard InChI is InChI=1S/C16H26NOPS/c1-3-19(18,4-2)17(15-11-7-5-8-12-15)20-16-13-9-6-10-14-16/h5,7-8,11-12,16H,3-4,6,9-10,13-14H2,1-2H3. The molecule has 1 aromatic carbocycles. The largest absolute Gasteiger partial charge is 0.299 e. The van der Waals surface area contributed by atoms with Crippen molar-refractivity contribution in [2.75, 3.05) is 16.4 Å². The number of hydrogen-bond donors (Lipinski definition) is 0. The summed E-state index contributed by atoms with van der Waals surface area (Å²) in [6.45, 7) is 4.11. The molecule has 1 fully saturated rings. The van der Waals surface area contributed by atoms with Gasteiger partial charge in [0.2, 0.25) is 0 Å². The van der Waals surface area contributed by atoms with E-state index in [1.54, 1.807) is 0 Å². The lowest BCUT2D eigenvalue weighted by atomic mass is 10.0. The minimum Gasteiger partial charge on any atom is -0.299 e. The van der Waals surface area contributed by atoms with Crippen molar-refractivity contribution in [2.24, 2.45) is 0 Å². The normalized spacial score (nSPS) is 17.1. The monoisotopic (exact) mass is 311 g/mol. The SMILES string of the molecule is CCP(=O)(CC)N(SC1CCCCC1)c1ccccc1. The van der Waals surface area contributed by atoms with Crippen LogP contribution in [0.3, 0.4) is 0 Å². The summed E-state index contributed by atoms with van der Waals surface area (Å²) in [5.41, 5.74) is 1.11. The van der Waals surface area contributed by atoms with Gasteiger partial charge in [-0.05, 0) is 36.9 Å². The fourth-order valence-corrected chi connectivity index (χ4v) is 7.07. The summed E-state index contributed by atoms with van der Waals surface area (Å²) in [4.78, 5) is 0. The molecule has 0 N–H and O–H groups in total. The van der Waals surface area contributed by atoms with Crippen LogP contribution >= 0.6 is 19.2 Å². The molecule has 20 heavy (non-hydrogen) atoms. The molecule has 1 aromatic rings. The lowest BCUT2D eigenvalue weighted by molar-refractivity contribution is 0.516. The van der Waals surface area contributed by atoms with Crippen LogP contribution in [0.2, 0.25) is 0 Å². The highest BCUT2D eigenvalue weighted by Gasteiger charge is 2.30. The molecule has 0 bridgehead atoms. The summed E-state index contributed by atoms with van der Waals surface area (Å²) in [5.74, 6) is 0. The molecule has 0 radical (unpaired) electrons. The molecule has 0 atom stereocenters. The fourth-order valence-electron chi connectivity index (χ4n) is 2.70. The van der Waals surface area contributed by atoms with Crippen LogP contribution in [0, 0.1) is 0 Å². The maximum atomic E-state index is 13.2. The molecule has 0 aromatic heterocycles. The van der Waals surface area contributed by atoms with Gasteiger partial charge in [0.1, 0.15) is 0 Å². The molecule has 0 aliphatic heterocycles. The number of nitrogens with zero attached hydrogens (tertiary/aromatic N) is 1. The number of hydrogen-bond acceptors (Lipinski definition) is 2. The van der Waals surface area contributed by atoms with Gasteiger partial charge >= 0.3 is 0 Å². The third-order valence-corrected chi connectivity index (χ3v) is 9.32. The van der Waals surface area contributed by atoms with E-state index in [9.17, 15) is 4.57 Å². The van der Waals surface area contributed by atoms with Crippen LogP contribution in [-0.4, -0.2) is 17.6 Å². The second kappa shape index (κ2) is 7.56. The van der Waals surface area contributed by atoms with Crippen LogP contribution in [0.4, 0.5) is 5.69 Å². The zero-order valence-corrected chi connectivity index (χ0v) is 14.3. The van der Waals surface area contributed by atoms with Crippen molar-refractivity contribution < 1.29 is 4.57 Å². The van der Waals surface area contributed by atoms with E-state index in [1.807, 2.05) is 30.1 Å². The molecule has 0 heterocycles. The van der Waals surface area contributed by atoms with Crippen molar-refractivity contribution in [3.05, 3.63) is 30.3 Å². The Morgan fingerprint density at radius 3 is 2.25 bits per heavy atom. The molecule has 2 nitrogen and oxygen atoms in total. The molecule has 2 rings (SSSR count). The number of para-hydroxylation sites is 1. The minimum atomic E-state index is -2.28. The quantitative estimate of drug-likeness (QED) is 0.490. The molecule has 4 heteroatoms. The van der Waals surface area contributed by atoms with Crippen LogP contribution < -0.4 is 4.08 Å². The first-order chi connectivity index (χ1) is 9.69. The first-order valence-corrected chi connectivity index (χ1v) is 10.7. The first-order valence-electron chi connectivity index (χ1n) is 7.80. The van der Waals surface area contributed by atoms with Gasteiger partial charge in [0.05, 0.1) is 5.69 Å². The average molecular weight is 311 g/mol. The number of anilines is 1. The van der Waals surface area contributed by atoms with Gasteiger partial charge in [-0.1, -0.05) is 51.3 Å². The van der Waals surface area contributed by atoms with E-state index >= 15 is 0 Å². The zero-order valence-electron chi connectivity index (χ0n) is 12.6. The molecule has 0 spiro atoms. The van der Waals surface area contributed by atoms with E-state index in [4.69, 9.17) is 0 Å². The molecule has 0 amide bonds. The molecule has 1 aliphatic rings. The topological polar surface area (TPSA) is 20.3 Å². The lowest BCUT2D eigenvalue weighted by Gasteiger charge is -2.35. The van der Waals surface area contributed by atoms with Crippen molar-refractivity contribution in [1.29, 1.82) is 0 Å². The Morgan fingerprint density at radius 1 is 1.10 bits per heavy atom. The summed E-state index contributed by atoms with van der Waals surface area (Å²) < 4.78 is 15.4. The van der Waals surface area contributed by atoms with Crippen LogP contribution in [-0.2, 0) is 4.57 Å². The Bertz CT molecular complexity index is 437. The summed E-state index contributed by atoms with van der Waals surface area (Å²) in [6, 6.07) is 10.3. The summed E-state index contributed by atoms with van der Waals surface area (Å²) in [6.07, 6.45) is 8.03. The Labute approximate surface area is 127 Å². The Balaban J connectivity index is 2.22. The van der Waals surface area contributed by atoms with Gasteiger partial charge in [0.25, 0.3) is 0 Å². The van der Waals surface area contributed by atoms with Gasteiger partial charge in [-0.15, -0.1) is 0 Å². The fraction of sp³-hybridized carbons (Fsp3) is 0.625. The second-order valence-electron chi connectivity index (χ2n) is 5.45. The van der Waals surface area contributed by atoms with E-state index in [1.165, 1.54) is 32.1 Å². The third kappa shape index (κ3) is 3.83. The molecule has 0 saturated heterocycles. The highest BCUT2D eigenvalue weighted by atomic mass is 32.2. The van der Waals surface area contributed by atoms with E-state index < -0.39 is 7.29 Å². The van der Waals surface area contributed by atoms with E-state index in [0.717, 1.165) is 18.0 Å². The molecular weight excluding hydrogens is 285 g/mol. The average Bonchev–Trinajstić information content (AvgIpc) is 2.54. The van der Waals surface area contributed by atoms with Crippen LogP contribution in [0.1, 0.15) is 46.0 Å². The van der Waals surface area contributed by atoms with Crippen LogP contribution in [0.15, 0.2) is 30.3 Å². The van der Waals surface area contributed by atoms with Gasteiger partial charge in [0, 0.05) is 17.6 Å². The summed E-state index contributed by atoms with van der Waals surface area (Å²) in [5, 5.41) is 0.635. The molecule has 1 saturated carbocycles. The summed E-state index contributed by atoms with van der Waals surface area (Å²) in [7, 11) is -2.28. The Morgan fingerprint density at radius 2 is 1.70 bits per heavy atom. The molecular formula is C16H26NOPS. The maximum absolute atomic E-state index is 13.2. The van der Waals surface area contributed by atoms with E-state index in [0.29, 0.717) is 5.25 Å².